The summed E-state index contributed by atoms with van der Waals surface area (Å²) in [6.07, 6.45) is 7.73. The van der Waals surface area contributed by atoms with E-state index in [2.05, 4.69) is 90.8 Å². The summed E-state index contributed by atoms with van der Waals surface area (Å²) in [5.41, 5.74) is 2.05. The lowest BCUT2D eigenvalue weighted by molar-refractivity contribution is 0.0756. The van der Waals surface area contributed by atoms with Crippen LogP contribution in [0, 0.1) is 22.2 Å². The summed E-state index contributed by atoms with van der Waals surface area (Å²) in [7, 11) is -1.78. The lowest BCUT2D eigenvalue weighted by Gasteiger charge is -2.46. The molecule has 0 unspecified atom stereocenters. The summed E-state index contributed by atoms with van der Waals surface area (Å²) in [6, 6.07) is 0. The standard InChI is InChI=1S/C24H42OS2Si/c1-18-11-12-19-22(5,6)16-23(7,17-25-28(8,9)21(2,3)4)24(18,19)15-20-26-13-10-14-27-20/h15,19H,1,10-14,16-17H2,2-9H3/t19-,23+,24-/m0/s1. The van der Waals surface area contributed by atoms with Gasteiger partial charge in [-0.3, -0.25) is 0 Å². The molecule has 28 heavy (non-hydrogen) atoms. The van der Waals surface area contributed by atoms with Gasteiger partial charge in [-0.1, -0.05) is 59.8 Å². The molecule has 0 aromatic carbocycles. The zero-order valence-electron chi connectivity index (χ0n) is 19.5. The maximum atomic E-state index is 6.90. The van der Waals surface area contributed by atoms with Crippen molar-refractivity contribution in [1.29, 1.82) is 0 Å². The first-order valence-corrected chi connectivity index (χ1v) is 15.9. The molecule has 2 saturated carbocycles. The van der Waals surface area contributed by atoms with E-state index in [0.29, 0.717) is 11.3 Å². The maximum Gasteiger partial charge on any atom is 0.192 e. The Hall–Kier alpha value is 0.357. The summed E-state index contributed by atoms with van der Waals surface area (Å²) in [5.74, 6) is 3.23. The zero-order chi connectivity index (χ0) is 21.0. The van der Waals surface area contributed by atoms with Crippen molar-refractivity contribution in [2.24, 2.45) is 22.2 Å². The molecule has 3 atom stereocenters. The van der Waals surface area contributed by atoms with Crippen molar-refractivity contribution >= 4 is 31.8 Å². The quantitative estimate of drug-likeness (QED) is 0.324. The molecule has 4 heteroatoms. The molecule has 0 radical (unpaired) electrons. The van der Waals surface area contributed by atoms with Crippen LogP contribution in [0.2, 0.25) is 18.1 Å². The van der Waals surface area contributed by atoms with Gasteiger partial charge in [0.1, 0.15) is 0 Å². The van der Waals surface area contributed by atoms with Crippen LogP contribution in [0.4, 0.5) is 0 Å². The second-order valence-corrected chi connectivity index (χ2v) is 19.2. The van der Waals surface area contributed by atoms with Crippen molar-refractivity contribution < 1.29 is 4.43 Å². The van der Waals surface area contributed by atoms with Gasteiger partial charge in [0.15, 0.2) is 8.32 Å². The van der Waals surface area contributed by atoms with Crippen LogP contribution in [0.25, 0.3) is 0 Å². The summed E-state index contributed by atoms with van der Waals surface area (Å²) >= 11 is 4.15. The van der Waals surface area contributed by atoms with Crippen LogP contribution in [-0.2, 0) is 4.43 Å². The molecular formula is C24H42OS2Si. The van der Waals surface area contributed by atoms with E-state index < -0.39 is 8.32 Å². The lowest BCUT2D eigenvalue weighted by Crippen LogP contribution is -2.47. The van der Waals surface area contributed by atoms with E-state index in [1.807, 2.05) is 0 Å². The maximum absolute atomic E-state index is 6.90. The molecule has 1 heterocycles. The Morgan fingerprint density at radius 2 is 1.79 bits per heavy atom. The number of hydrogen-bond acceptors (Lipinski definition) is 3. The minimum atomic E-state index is -1.78. The highest BCUT2D eigenvalue weighted by Gasteiger charge is 2.66. The number of hydrogen-bond donors (Lipinski definition) is 0. The Labute approximate surface area is 184 Å². The molecule has 3 aliphatic rings. The highest BCUT2D eigenvalue weighted by Crippen LogP contribution is 2.73. The second-order valence-electron chi connectivity index (χ2n) is 11.9. The molecule has 0 amide bonds. The Balaban J connectivity index is 2.01. The third kappa shape index (κ3) is 3.74. The van der Waals surface area contributed by atoms with E-state index in [1.165, 1.54) is 42.8 Å². The van der Waals surface area contributed by atoms with Gasteiger partial charge in [-0.2, -0.15) is 0 Å². The summed E-state index contributed by atoms with van der Waals surface area (Å²) < 4.78 is 8.45. The SMILES string of the molecule is C=C1CC[C@H]2C(C)(C)C[C@](C)(CO[Si](C)(C)C(C)(C)C)[C@@]12C=C1SCCCS1. The Kier molecular flexibility index (Phi) is 6.16. The van der Waals surface area contributed by atoms with Gasteiger partial charge in [0.05, 0.1) is 0 Å². The Morgan fingerprint density at radius 1 is 1.18 bits per heavy atom. The fourth-order valence-electron chi connectivity index (χ4n) is 5.95. The number of allylic oxidation sites excluding steroid dienone is 2. The molecule has 0 spiro atoms. The Bertz CT molecular complexity index is 652. The molecular weight excluding hydrogens is 396 g/mol. The molecule has 1 saturated heterocycles. The third-order valence-corrected chi connectivity index (χ3v) is 15.3. The lowest BCUT2D eigenvalue weighted by atomic mass is 9.62. The first kappa shape index (κ1) is 23.0. The summed E-state index contributed by atoms with van der Waals surface area (Å²) in [6.45, 7) is 24.9. The van der Waals surface area contributed by atoms with E-state index in [4.69, 9.17) is 4.43 Å². The minimum Gasteiger partial charge on any atom is -0.416 e. The minimum absolute atomic E-state index is 0.103. The van der Waals surface area contributed by atoms with Crippen LogP contribution < -0.4 is 0 Å². The molecule has 0 N–H and O–H groups in total. The number of thioether (sulfide) groups is 2. The van der Waals surface area contributed by atoms with Gasteiger partial charge in [-0.15, -0.1) is 23.5 Å². The number of rotatable bonds is 4. The molecule has 0 aromatic rings. The van der Waals surface area contributed by atoms with Gasteiger partial charge in [0, 0.05) is 21.7 Å². The summed E-state index contributed by atoms with van der Waals surface area (Å²) in [5, 5.41) is 0.254. The van der Waals surface area contributed by atoms with Gasteiger partial charge in [-0.05, 0) is 66.7 Å². The third-order valence-electron chi connectivity index (χ3n) is 8.34. The molecule has 3 fully saturated rings. The highest BCUT2D eigenvalue weighted by molar-refractivity contribution is 8.22. The first-order chi connectivity index (χ1) is 12.8. The van der Waals surface area contributed by atoms with Crippen molar-refractivity contribution in [3.63, 3.8) is 0 Å². The van der Waals surface area contributed by atoms with Crippen molar-refractivity contribution in [3.05, 3.63) is 22.5 Å². The van der Waals surface area contributed by atoms with Gasteiger partial charge in [0.2, 0.25) is 0 Å². The smallest absolute Gasteiger partial charge is 0.192 e. The largest absolute Gasteiger partial charge is 0.416 e. The van der Waals surface area contributed by atoms with Gasteiger partial charge in [-0.25, -0.2) is 0 Å². The van der Waals surface area contributed by atoms with Crippen LogP contribution in [0.5, 0.6) is 0 Å². The molecule has 160 valence electrons. The van der Waals surface area contributed by atoms with Crippen LogP contribution in [0.15, 0.2) is 22.5 Å². The van der Waals surface area contributed by atoms with Crippen LogP contribution in [0.1, 0.15) is 67.2 Å². The number of fused-ring (bicyclic) bond motifs is 1. The van der Waals surface area contributed by atoms with Crippen LogP contribution in [0.3, 0.4) is 0 Å². The molecule has 3 rings (SSSR count). The predicted molar refractivity (Wildman–Crippen MR) is 132 cm³/mol. The van der Waals surface area contributed by atoms with Crippen molar-refractivity contribution in [2.45, 2.75) is 85.4 Å². The molecule has 0 aromatic heterocycles. The van der Waals surface area contributed by atoms with Crippen molar-refractivity contribution in [3.8, 4) is 0 Å². The molecule has 1 aliphatic heterocycles. The van der Waals surface area contributed by atoms with Gasteiger partial charge < -0.3 is 4.43 Å². The van der Waals surface area contributed by atoms with Crippen LogP contribution >= 0.6 is 23.5 Å². The van der Waals surface area contributed by atoms with E-state index in [1.54, 1.807) is 4.24 Å². The topological polar surface area (TPSA) is 9.23 Å². The predicted octanol–water partition coefficient (Wildman–Crippen LogP) is 8.11. The van der Waals surface area contributed by atoms with Crippen LogP contribution in [-0.4, -0.2) is 26.4 Å². The summed E-state index contributed by atoms with van der Waals surface area (Å²) in [4.78, 5) is 0. The zero-order valence-corrected chi connectivity index (χ0v) is 22.2. The average molecular weight is 439 g/mol. The highest BCUT2D eigenvalue weighted by atomic mass is 32.2. The van der Waals surface area contributed by atoms with Crippen molar-refractivity contribution in [1.82, 2.24) is 0 Å². The van der Waals surface area contributed by atoms with Gasteiger partial charge >= 0.3 is 0 Å². The normalized spacial score (nSPS) is 35.9. The average Bonchev–Trinajstić information content (AvgIpc) is 2.99. The second kappa shape index (κ2) is 7.49. The van der Waals surface area contributed by atoms with Gasteiger partial charge in [0.25, 0.3) is 0 Å². The van der Waals surface area contributed by atoms with E-state index in [-0.39, 0.29) is 15.9 Å². The molecule has 2 aliphatic carbocycles. The fourth-order valence-corrected chi connectivity index (χ4v) is 9.59. The monoisotopic (exact) mass is 438 g/mol. The Morgan fingerprint density at radius 3 is 2.36 bits per heavy atom. The molecule has 1 nitrogen and oxygen atoms in total. The van der Waals surface area contributed by atoms with E-state index in [9.17, 15) is 0 Å². The van der Waals surface area contributed by atoms with E-state index >= 15 is 0 Å². The van der Waals surface area contributed by atoms with Crippen molar-refractivity contribution in [2.75, 3.05) is 18.1 Å². The molecule has 0 bridgehead atoms. The first-order valence-electron chi connectivity index (χ1n) is 11.1. The fraction of sp³-hybridized carbons (Fsp3) is 0.833. The van der Waals surface area contributed by atoms with E-state index in [0.717, 1.165) is 6.61 Å².